The first-order valence-electron chi connectivity index (χ1n) is 5.37. The summed E-state index contributed by atoms with van der Waals surface area (Å²) in [5, 5.41) is 8.60. The molecule has 1 atom stereocenters. The maximum Gasteiger partial charge on any atom is 0.252 e. The number of thiophene rings is 1. The number of nitriles is 1. The molecule has 1 unspecified atom stereocenters. The SMILES string of the molecule is CCc1ccc(S(=O)(=O)N(C)C(C)CC#N)s1. The molecule has 94 valence electrons. The van der Waals surface area contributed by atoms with Gasteiger partial charge in [0.1, 0.15) is 4.21 Å². The Kier molecular flexibility index (Phi) is 4.69. The van der Waals surface area contributed by atoms with Crippen molar-refractivity contribution in [2.24, 2.45) is 0 Å². The Hall–Kier alpha value is -0.900. The minimum absolute atomic E-state index is 0.196. The Labute approximate surface area is 107 Å². The Balaban J connectivity index is 2.99. The van der Waals surface area contributed by atoms with Crippen molar-refractivity contribution in [2.45, 2.75) is 36.9 Å². The highest BCUT2D eigenvalue weighted by molar-refractivity contribution is 7.91. The molecule has 0 radical (unpaired) electrons. The molecule has 0 fully saturated rings. The molecule has 0 aromatic carbocycles. The van der Waals surface area contributed by atoms with Gasteiger partial charge in [0.15, 0.2) is 0 Å². The molecule has 1 heterocycles. The number of hydrogen-bond acceptors (Lipinski definition) is 4. The Morgan fingerprint density at radius 2 is 2.18 bits per heavy atom. The molecular weight excluding hydrogens is 256 g/mol. The predicted octanol–water partition coefficient (Wildman–Crippen LogP) is 2.23. The highest BCUT2D eigenvalue weighted by Gasteiger charge is 2.26. The molecule has 0 N–H and O–H groups in total. The summed E-state index contributed by atoms with van der Waals surface area (Å²) in [6, 6.07) is 5.14. The van der Waals surface area contributed by atoms with Crippen molar-refractivity contribution in [3.63, 3.8) is 0 Å². The van der Waals surface area contributed by atoms with E-state index in [-0.39, 0.29) is 12.5 Å². The normalized spacial score (nSPS) is 13.6. The molecule has 17 heavy (non-hydrogen) atoms. The molecule has 0 amide bonds. The van der Waals surface area contributed by atoms with Crippen molar-refractivity contribution in [2.75, 3.05) is 7.05 Å². The number of aryl methyl sites for hydroxylation is 1. The van der Waals surface area contributed by atoms with Gasteiger partial charge in [-0.15, -0.1) is 11.3 Å². The van der Waals surface area contributed by atoms with E-state index in [4.69, 9.17) is 5.26 Å². The van der Waals surface area contributed by atoms with Gasteiger partial charge in [0, 0.05) is 18.0 Å². The highest BCUT2D eigenvalue weighted by atomic mass is 32.2. The van der Waals surface area contributed by atoms with Gasteiger partial charge in [0.05, 0.1) is 12.5 Å². The van der Waals surface area contributed by atoms with Gasteiger partial charge in [-0.2, -0.15) is 9.57 Å². The zero-order valence-electron chi connectivity index (χ0n) is 10.2. The van der Waals surface area contributed by atoms with Crippen LogP contribution in [-0.4, -0.2) is 25.8 Å². The lowest BCUT2D eigenvalue weighted by molar-refractivity contribution is 0.394. The zero-order chi connectivity index (χ0) is 13.1. The summed E-state index contributed by atoms with van der Waals surface area (Å²) in [5.41, 5.74) is 0. The predicted molar refractivity (Wildman–Crippen MR) is 68.3 cm³/mol. The van der Waals surface area contributed by atoms with Crippen molar-refractivity contribution >= 4 is 21.4 Å². The molecule has 6 heteroatoms. The number of nitrogens with zero attached hydrogens (tertiary/aromatic N) is 2. The van der Waals surface area contributed by atoms with Crippen molar-refractivity contribution in [1.82, 2.24) is 4.31 Å². The minimum atomic E-state index is -3.45. The summed E-state index contributed by atoms with van der Waals surface area (Å²) >= 11 is 1.29. The Morgan fingerprint density at radius 3 is 2.65 bits per heavy atom. The summed E-state index contributed by atoms with van der Waals surface area (Å²) in [6.45, 7) is 3.72. The number of hydrogen-bond donors (Lipinski definition) is 0. The van der Waals surface area contributed by atoms with Crippen molar-refractivity contribution in [1.29, 1.82) is 5.26 Å². The van der Waals surface area contributed by atoms with Gasteiger partial charge in [0.25, 0.3) is 10.0 Å². The quantitative estimate of drug-likeness (QED) is 0.825. The molecule has 0 aliphatic rings. The molecule has 0 spiro atoms. The fourth-order valence-corrected chi connectivity index (χ4v) is 4.17. The maximum atomic E-state index is 12.2. The van der Waals surface area contributed by atoms with Crippen LogP contribution in [0.15, 0.2) is 16.3 Å². The number of rotatable bonds is 5. The molecule has 0 aliphatic carbocycles. The van der Waals surface area contributed by atoms with Crippen LogP contribution in [0.4, 0.5) is 0 Å². The van der Waals surface area contributed by atoms with Crippen LogP contribution < -0.4 is 0 Å². The number of sulfonamides is 1. The second kappa shape index (κ2) is 5.63. The van der Waals surface area contributed by atoms with Gasteiger partial charge in [-0.05, 0) is 25.5 Å². The molecule has 0 saturated heterocycles. The summed E-state index contributed by atoms with van der Waals surface area (Å²) in [6.07, 6.45) is 1.03. The topological polar surface area (TPSA) is 61.2 Å². The second-order valence-electron chi connectivity index (χ2n) is 3.81. The monoisotopic (exact) mass is 272 g/mol. The van der Waals surface area contributed by atoms with E-state index < -0.39 is 10.0 Å². The fraction of sp³-hybridized carbons (Fsp3) is 0.545. The van der Waals surface area contributed by atoms with Gasteiger partial charge >= 0.3 is 0 Å². The first-order valence-corrected chi connectivity index (χ1v) is 7.62. The van der Waals surface area contributed by atoms with E-state index in [1.54, 1.807) is 13.0 Å². The first-order chi connectivity index (χ1) is 7.93. The summed E-state index contributed by atoms with van der Waals surface area (Å²) < 4.78 is 26.0. The average molecular weight is 272 g/mol. The average Bonchev–Trinajstić information content (AvgIpc) is 2.77. The fourth-order valence-electron chi connectivity index (χ4n) is 1.33. The molecule has 1 aromatic rings. The van der Waals surface area contributed by atoms with Crippen LogP contribution in [-0.2, 0) is 16.4 Å². The van der Waals surface area contributed by atoms with E-state index in [2.05, 4.69) is 0 Å². The molecule has 0 aliphatic heterocycles. The van der Waals surface area contributed by atoms with E-state index in [0.29, 0.717) is 4.21 Å². The second-order valence-corrected chi connectivity index (χ2v) is 7.20. The van der Waals surface area contributed by atoms with Gasteiger partial charge in [0.2, 0.25) is 0 Å². The van der Waals surface area contributed by atoms with Crippen LogP contribution >= 0.6 is 11.3 Å². The van der Waals surface area contributed by atoms with Gasteiger partial charge in [-0.3, -0.25) is 0 Å². The summed E-state index contributed by atoms with van der Waals surface area (Å²) in [7, 11) is -1.93. The van der Waals surface area contributed by atoms with Gasteiger partial charge < -0.3 is 0 Å². The van der Waals surface area contributed by atoms with Crippen LogP contribution in [0.25, 0.3) is 0 Å². The van der Waals surface area contributed by atoms with Crippen LogP contribution in [0.5, 0.6) is 0 Å². The lowest BCUT2D eigenvalue weighted by atomic mass is 10.3. The molecule has 1 aromatic heterocycles. The van der Waals surface area contributed by atoms with Crippen molar-refractivity contribution in [3.8, 4) is 6.07 Å². The molecule has 1 rings (SSSR count). The van der Waals surface area contributed by atoms with E-state index in [9.17, 15) is 8.42 Å². The van der Waals surface area contributed by atoms with Crippen molar-refractivity contribution < 1.29 is 8.42 Å². The third-order valence-corrected chi connectivity index (χ3v) is 6.30. The van der Waals surface area contributed by atoms with Crippen LogP contribution in [0.2, 0.25) is 0 Å². The van der Waals surface area contributed by atoms with Gasteiger partial charge in [-0.1, -0.05) is 6.92 Å². The highest BCUT2D eigenvalue weighted by Crippen LogP contribution is 2.25. The lowest BCUT2D eigenvalue weighted by Gasteiger charge is -2.21. The molecular formula is C11H16N2O2S2. The lowest BCUT2D eigenvalue weighted by Crippen LogP contribution is -2.34. The Morgan fingerprint density at radius 1 is 1.53 bits per heavy atom. The molecule has 0 bridgehead atoms. The first kappa shape index (κ1) is 14.2. The zero-order valence-corrected chi connectivity index (χ0v) is 11.8. The van der Waals surface area contributed by atoms with Crippen molar-refractivity contribution in [3.05, 3.63) is 17.0 Å². The van der Waals surface area contributed by atoms with Gasteiger partial charge in [-0.25, -0.2) is 8.42 Å². The van der Waals surface area contributed by atoms with E-state index in [0.717, 1.165) is 11.3 Å². The standard InChI is InChI=1S/C11H16N2O2S2/c1-4-10-5-6-11(16-10)17(14,15)13(3)9(2)7-8-12/h5-6,9H,4,7H2,1-3H3. The van der Waals surface area contributed by atoms with E-state index in [1.807, 2.05) is 19.1 Å². The molecule has 0 saturated carbocycles. The van der Waals surface area contributed by atoms with Crippen LogP contribution in [0.3, 0.4) is 0 Å². The summed E-state index contributed by atoms with van der Waals surface area (Å²) in [4.78, 5) is 1.05. The Bertz CT molecular complexity index is 514. The summed E-state index contributed by atoms with van der Waals surface area (Å²) in [5.74, 6) is 0. The van der Waals surface area contributed by atoms with E-state index >= 15 is 0 Å². The third-order valence-electron chi connectivity index (χ3n) is 2.63. The third kappa shape index (κ3) is 3.06. The smallest absolute Gasteiger partial charge is 0.206 e. The van der Waals surface area contributed by atoms with E-state index in [1.165, 1.54) is 22.7 Å². The maximum absolute atomic E-state index is 12.2. The van der Waals surface area contributed by atoms with Crippen LogP contribution in [0.1, 0.15) is 25.1 Å². The minimum Gasteiger partial charge on any atom is -0.206 e. The molecule has 4 nitrogen and oxygen atoms in total. The van der Waals surface area contributed by atoms with Crippen LogP contribution in [0, 0.1) is 11.3 Å². The largest absolute Gasteiger partial charge is 0.252 e.